The smallest absolute Gasteiger partial charge is 0.306 e. The van der Waals surface area contributed by atoms with Crippen LogP contribution < -0.4 is 0 Å². The van der Waals surface area contributed by atoms with Crippen molar-refractivity contribution >= 4 is 47.0 Å². The van der Waals surface area contributed by atoms with Crippen molar-refractivity contribution in [1.82, 2.24) is 0 Å². The molecule has 15 unspecified atom stereocenters. The fourth-order valence-electron chi connectivity index (χ4n) is 16.4. The van der Waals surface area contributed by atoms with Crippen molar-refractivity contribution in [3.05, 3.63) is 47.6 Å². The van der Waals surface area contributed by atoms with Gasteiger partial charge in [0.2, 0.25) is 11.6 Å². The molecule has 17 heteroatoms. The second-order valence-corrected chi connectivity index (χ2v) is 24.5. The normalized spacial score (nSPS) is 39.7. The zero-order valence-corrected chi connectivity index (χ0v) is 44.9. The van der Waals surface area contributed by atoms with Crippen LogP contribution in [0, 0.1) is 57.2 Å². The van der Waals surface area contributed by atoms with Crippen LogP contribution >= 0.6 is 0 Å². The Bertz CT molecular complexity index is 2480. The molecule has 16 nitrogen and oxygen atoms in total. The van der Waals surface area contributed by atoms with E-state index in [1.165, 1.54) is 12.2 Å². The molecular formula is C59H79FO16. The number of fused-ring (bicyclic) bond motifs is 10. The number of hydrogen-bond donors (Lipinski definition) is 4. The number of aliphatic hydroxyl groups excluding tert-OH is 2. The Balaban J connectivity index is 0.649. The van der Waals surface area contributed by atoms with Gasteiger partial charge in [-0.3, -0.25) is 38.4 Å². The second kappa shape index (κ2) is 21.8. The predicted molar refractivity (Wildman–Crippen MR) is 271 cm³/mol. The number of alkyl halides is 1. The number of hydrogen-bond acceptors (Lipinski definition) is 16. The first-order chi connectivity index (χ1) is 35.8. The molecule has 0 aromatic carbocycles. The highest BCUT2D eigenvalue weighted by molar-refractivity contribution is 6.02. The van der Waals surface area contributed by atoms with E-state index in [4.69, 9.17) is 18.9 Å². The number of Topliss-reactive ketones (excluding diaryl/α,β-unsaturated/α-hetero) is 2. The first-order valence-corrected chi connectivity index (χ1v) is 27.9. The molecule has 15 atom stereocenters. The third-order valence-corrected chi connectivity index (χ3v) is 20.6. The van der Waals surface area contributed by atoms with Gasteiger partial charge >= 0.3 is 23.9 Å². The number of allylic oxidation sites excluding steroid dienone is 8. The van der Waals surface area contributed by atoms with Gasteiger partial charge in [0.25, 0.3) is 0 Å². The van der Waals surface area contributed by atoms with E-state index in [2.05, 4.69) is 6.92 Å². The van der Waals surface area contributed by atoms with E-state index < -0.39 is 117 Å². The van der Waals surface area contributed by atoms with Gasteiger partial charge in [-0.05, 0) is 126 Å². The fraction of sp³-hybridized carbons (Fsp3) is 0.729. The van der Waals surface area contributed by atoms with Crippen molar-refractivity contribution in [2.24, 2.45) is 57.2 Å². The molecule has 0 radical (unpaired) electrons. The summed E-state index contributed by atoms with van der Waals surface area (Å²) in [5.41, 5.74) is -8.11. The number of aliphatic hydroxyl groups is 4. The van der Waals surface area contributed by atoms with E-state index in [1.807, 2.05) is 13.0 Å². The van der Waals surface area contributed by atoms with Gasteiger partial charge in [0, 0.05) is 33.5 Å². The molecule has 0 spiro atoms. The summed E-state index contributed by atoms with van der Waals surface area (Å²) in [5, 5.41) is 47.2. The molecule has 0 aromatic heterocycles. The molecule has 76 heavy (non-hydrogen) atoms. The lowest BCUT2D eigenvalue weighted by Gasteiger charge is -2.62. The number of rotatable bonds is 21. The molecule has 8 rings (SSSR count). The minimum absolute atomic E-state index is 0.0344. The highest BCUT2D eigenvalue weighted by Gasteiger charge is 2.76. The minimum atomic E-state index is -2.12. The van der Waals surface area contributed by atoms with Crippen LogP contribution in [-0.4, -0.2) is 123 Å². The summed E-state index contributed by atoms with van der Waals surface area (Å²) in [6, 6.07) is 0. The Morgan fingerprint density at radius 3 is 1.76 bits per heavy atom. The summed E-state index contributed by atoms with van der Waals surface area (Å²) in [7, 11) is 0. The van der Waals surface area contributed by atoms with Crippen LogP contribution in [0.15, 0.2) is 47.6 Å². The third-order valence-electron chi connectivity index (χ3n) is 20.6. The lowest BCUT2D eigenvalue weighted by atomic mass is 9.44. The lowest BCUT2D eigenvalue weighted by molar-refractivity contribution is -0.220. The van der Waals surface area contributed by atoms with E-state index in [0.717, 1.165) is 37.7 Å². The molecule has 6 saturated carbocycles. The van der Waals surface area contributed by atoms with Crippen molar-refractivity contribution in [3.8, 4) is 0 Å². The van der Waals surface area contributed by atoms with Crippen molar-refractivity contribution < 1.29 is 82.1 Å². The third kappa shape index (κ3) is 9.83. The molecule has 4 N–H and O–H groups in total. The summed E-state index contributed by atoms with van der Waals surface area (Å²) < 4.78 is 38.5. The zero-order chi connectivity index (χ0) is 55.2. The van der Waals surface area contributed by atoms with E-state index in [9.17, 15) is 58.8 Å². The SMILES string of the molecule is CC1CC2C3CCC4=CC(=O)C=CC4(C)C3(F)C(O)CC2(C)C1(O)C(=O)COC(=O)CCC(=O)OCCCCCCCCOC(=O)CCC(=O)OCC(=O)C1(O)CCC2C3CCC4=CC(=O)C=CC4(C)C3C(O)CC21C. The molecule has 0 aliphatic heterocycles. The number of esters is 4. The molecular weight excluding hydrogens is 984 g/mol. The van der Waals surface area contributed by atoms with Gasteiger partial charge in [0.15, 0.2) is 30.4 Å². The molecule has 8 aliphatic carbocycles. The van der Waals surface area contributed by atoms with Crippen LogP contribution in [0.25, 0.3) is 0 Å². The average Bonchev–Trinajstić information content (AvgIpc) is 3.76. The number of ketones is 4. The number of halogens is 1. The topological polar surface area (TPSA) is 254 Å². The number of carbonyl (C=O) groups excluding carboxylic acids is 8. The summed E-state index contributed by atoms with van der Waals surface area (Å²) in [6.07, 6.45) is 13.7. The number of unbranched alkanes of at least 4 members (excludes halogenated alkanes) is 5. The van der Waals surface area contributed by atoms with Crippen molar-refractivity contribution in [3.63, 3.8) is 0 Å². The highest BCUT2D eigenvalue weighted by Crippen LogP contribution is 2.71. The Morgan fingerprint density at radius 2 is 1.16 bits per heavy atom. The Hall–Kier alpha value is -4.71. The monoisotopic (exact) mass is 1060 g/mol. The van der Waals surface area contributed by atoms with Gasteiger partial charge < -0.3 is 39.4 Å². The molecule has 0 heterocycles. The first-order valence-electron chi connectivity index (χ1n) is 27.9. The van der Waals surface area contributed by atoms with Gasteiger partial charge in [-0.15, -0.1) is 0 Å². The summed E-state index contributed by atoms with van der Waals surface area (Å²) in [5.74, 6) is -6.35. The van der Waals surface area contributed by atoms with Crippen LogP contribution in [-0.2, 0) is 57.3 Å². The van der Waals surface area contributed by atoms with Crippen molar-refractivity contribution in [1.29, 1.82) is 0 Å². The van der Waals surface area contributed by atoms with E-state index in [1.54, 1.807) is 39.0 Å². The molecule has 418 valence electrons. The summed E-state index contributed by atoms with van der Waals surface area (Å²) >= 11 is 0. The fourth-order valence-corrected chi connectivity index (χ4v) is 16.4. The van der Waals surface area contributed by atoms with Gasteiger partial charge in [-0.25, -0.2) is 4.39 Å². The molecule has 6 fully saturated rings. The standard InChI is InChI=1S/C59H79FO16/c1-35-28-43-42-15-13-37-30-39(62)21-24-54(37,3)58(42,60)45(64)32-56(43,5)59(35,72)47(66)34-76-51(70)19-17-49(68)74-27-11-9-7-6-8-10-26-73-48(67)16-18-50(69)75-33-46(65)57(71)25-22-41-40-14-12-36-29-38(61)20-23-53(36,2)52(40)44(63)31-55(41,57)4/h20-21,23-24,29-30,35,40-45,52,63-64,71-72H,6-19,22,25-28,31-34H2,1-5H3. The van der Waals surface area contributed by atoms with E-state index in [0.29, 0.717) is 50.5 Å². The molecule has 0 aromatic rings. The van der Waals surface area contributed by atoms with Crippen molar-refractivity contribution in [2.45, 2.75) is 186 Å². The molecule has 0 saturated heterocycles. The Labute approximate surface area is 444 Å². The Kier molecular flexibility index (Phi) is 16.5. The molecule has 8 aliphatic rings. The average molecular weight is 1060 g/mol. The largest absolute Gasteiger partial charge is 0.466 e. The number of carbonyl (C=O) groups is 8. The summed E-state index contributed by atoms with van der Waals surface area (Å²) in [6.45, 7) is 7.96. The maximum atomic E-state index is 17.5. The van der Waals surface area contributed by atoms with Crippen LogP contribution in [0.1, 0.15) is 157 Å². The highest BCUT2D eigenvalue weighted by atomic mass is 19.1. The minimum Gasteiger partial charge on any atom is -0.466 e. The van der Waals surface area contributed by atoms with E-state index >= 15 is 4.39 Å². The zero-order valence-electron chi connectivity index (χ0n) is 44.9. The van der Waals surface area contributed by atoms with Gasteiger partial charge in [0.1, 0.15) is 11.2 Å². The lowest BCUT2D eigenvalue weighted by Crippen LogP contribution is -2.69. The van der Waals surface area contributed by atoms with Crippen LogP contribution in [0.3, 0.4) is 0 Å². The molecule has 0 bridgehead atoms. The quantitative estimate of drug-likeness (QED) is 0.0540. The van der Waals surface area contributed by atoms with Crippen molar-refractivity contribution in [2.75, 3.05) is 26.4 Å². The van der Waals surface area contributed by atoms with Crippen LogP contribution in [0.4, 0.5) is 4.39 Å². The Morgan fingerprint density at radius 1 is 0.632 bits per heavy atom. The maximum absolute atomic E-state index is 17.5. The second-order valence-electron chi connectivity index (χ2n) is 24.5. The summed E-state index contributed by atoms with van der Waals surface area (Å²) in [4.78, 5) is 102. The maximum Gasteiger partial charge on any atom is 0.306 e. The van der Waals surface area contributed by atoms with Gasteiger partial charge in [-0.1, -0.05) is 76.7 Å². The van der Waals surface area contributed by atoms with Crippen LogP contribution in [0.5, 0.6) is 0 Å². The van der Waals surface area contributed by atoms with E-state index in [-0.39, 0.29) is 87.5 Å². The first kappa shape index (κ1) is 57.5. The number of ether oxygens (including phenoxy) is 4. The van der Waals surface area contributed by atoms with Gasteiger partial charge in [-0.2, -0.15) is 0 Å². The predicted octanol–water partition coefficient (Wildman–Crippen LogP) is 6.56. The molecule has 0 amide bonds. The van der Waals surface area contributed by atoms with Crippen LogP contribution in [0.2, 0.25) is 0 Å². The van der Waals surface area contributed by atoms with Gasteiger partial charge in [0.05, 0.1) is 51.1 Å².